The summed E-state index contributed by atoms with van der Waals surface area (Å²) in [7, 11) is 1.53. The van der Waals surface area contributed by atoms with Gasteiger partial charge < -0.3 is 17.7 Å². The molecule has 0 saturated carbocycles. The number of hydrogen-bond donors (Lipinski definition) is 0. The van der Waals surface area contributed by atoms with Gasteiger partial charge in [-0.15, -0.1) is 0 Å². The molecule has 0 atom stereocenters. The summed E-state index contributed by atoms with van der Waals surface area (Å²) in [5.74, 6) is 0. The molecule has 0 bridgehead atoms. The van der Waals surface area contributed by atoms with Gasteiger partial charge in [0, 0.05) is 18.4 Å². The molecule has 14 heavy (non-hydrogen) atoms. The van der Waals surface area contributed by atoms with E-state index in [1.807, 2.05) is 0 Å². The number of hydrogen-bond acceptors (Lipinski definition) is 2. The second-order valence-corrected chi connectivity index (χ2v) is 3.82. The van der Waals surface area contributed by atoms with Gasteiger partial charge >= 0.3 is 58.4 Å². The van der Waals surface area contributed by atoms with Gasteiger partial charge in [0.15, 0.2) is 0 Å². The van der Waals surface area contributed by atoms with Crippen molar-refractivity contribution in [2.45, 2.75) is 6.42 Å². The zero-order valence-electron chi connectivity index (χ0n) is 8.10. The number of rotatable bonds is 4. The van der Waals surface area contributed by atoms with Crippen LogP contribution in [0, 0.1) is 0 Å². The molecule has 1 heterocycles. The molecular formula is C7H9BF3KOS. The van der Waals surface area contributed by atoms with Crippen molar-refractivity contribution < 1.29 is 69.1 Å². The summed E-state index contributed by atoms with van der Waals surface area (Å²) in [5.41, 5.74) is 0. The number of ether oxygens (including phenoxy) is 1. The monoisotopic (exact) mass is 248 g/mol. The molecule has 0 radical (unpaired) electrons. The van der Waals surface area contributed by atoms with E-state index in [0.29, 0.717) is 13.0 Å². The fraction of sp³-hybridized carbons (Fsp3) is 0.429. The zero-order chi connectivity index (χ0) is 9.90. The molecule has 1 rings (SSSR count). The fourth-order valence-corrected chi connectivity index (χ4v) is 1.80. The van der Waals surface area contributed by atoms with Crippen molar-refractivity contribution in [1.29, 1.82) is 0 Å². The predicted molar refractivity (Wildman–Crippen MR) is 48.6 cm³/mol. The maximum Gasteiger partial charge on any atom is 1.00 e. The van der Waals surface area contributed by atoms with Crippen LogP contribution in [0.5, 0.6) is 0 Å². The summed E-state index contributed by atoms with van der Waals surface area (Å²) >= 11 is 0.803. The van der Waals surface area contributed by atoms with Gasteiger partial charge in [-0.05, 0) is 0 Å². The van der Waals surface area contributed by atoms with E-state index in [0.717, 1.165) is 22.3 Å². The standard InChI is InChI=1S/C7H9BF3OS.K/c1-12-5-4-6-2-3-7(13-6)8(9,10)11;/h2-3H,4-5H2,1H3;/q-1;+1. The number of thiophene rings is 1. The van der Waals surface area contributed by atoms with Crippen LogP contribution in [0.2, 0.25) is 0 Å². The molecule has 0 saturated heterocycles. The van der Waals surface area contributed by atoms with E-state index >= 15 is 0 Å². The summed E-state index contributed by atoms with van der Waals surface area (Å²) in [6.45, 7) is -4.36. The molecule has 0 aliphatic carbocycles. The van der Waals surface area contributed by atoms with Crippen LogP contribution < -0.4 is 56.2 Å². The van der Waals surface area contributed by atoms with E-state index < -0.39 is 11.8 Å². The van der Waals surface area contributed by atoms with Gasteiger partial charge in [-0.3, -0.25) is 0 Å². The smallest absolute Gasteiger partial charge is 0.444 e. The molecule has 0 aliphatic heterocycles. The Kier molecular flexibility index (Phi) is 7.22. The fourth-order valence-electron chi connectivity index (χ4n) is 0.907. The maximum absolute atomic E-state index is 12.2. The quantitative estimate of drug-likeness (QED) is 0.621. The Bertz CT molecular complexity index is 276. The Morgan fingerprint density at radius 3 is 2.43 bits per heavy atom. The van der Waals surface area contributed by atoms with Crippen LogP contribution in [0.4, 0.5) is 12.9 Å². The Morgan fingerprint density at radius 1 is 1.36 bits per heavy atom. The van der Waals surface area contributed by atoms with Crippen molar-refractivity contribution in [2.24, 2.45) is 0 Å². The molecule has 1 aromatic heterocycles. The molecule has 0 unspecified atom stereocenters. The van der Waals surface area contributed by atoms with E-state index in [9.17, 15) is 12.9 Å². The molecule has 1 aromatic rings. The minimum Gasteiger partial charge on any atom is -0.444 e. The molecule has 1 nitrogen and oxygen atoms in total. The van der Waals surface area contributed by atoms with E-state index in [4.69, 9.17) is 4.74 Å². The molecule has 0 fully saturated rings. The largest absolute Gasteiger partial charge is 1.00 e. The first-order chi connectivity index (χ1) is 6.04. The Morgan fingerprint density at radius 2 is 2.00 bits per heavy atom. The van der Waals surface area contributed by atoms with Gasteiger partial charge in [-0.25, -0.2) is 0 Å². The molecule has 74 valence electrons. The molecule has 0 aliphatic rings. The third-order valence-corrected chi connectivity index (χ3v) is 2.80. The topological polar surface area (TPSA) is 9.23 Å². The van der Waals surface area contributed by atoms with Crippen LogP contribution in [0.25, 0.3) is 0 Å². The van der Waals surface area contributed by atoms with Crippen molar-refractivity contribution in [3.8, 4) is 0 Å². The maximum atomic E-state index is 12.2. The first-order valence-corrected chi connectivity index (χ1v) is 4.63. The van der Waals surface area contributed by atoms with Gasteiger partial charge in [0.05, 0.1) is 6.61 Å². The predicted octanol–water partition coefficient (Wildman–Crippen LogP) is -1.00. The Labute approximate surface area is 128 Å². The summed E-state index contributed by atoms with van der Waals surface area (Å²) in [4.78, 5) is 0.719. The van der Waals surface area contributed by atoms with Crippen molar-refractivity contribution in [1.82, 2.24) is 0 Å². The van der Waals surface area contributed by atoms with Crippen molar-refractivity contribution in [3.63, 3.8) is 0 Å². The van der Waals surface area contributed by atoms with Crippen LogP contribution in [0.3, 0.4) is 0 Å². The first kappa shape index (κ1) is 15.2. The summed E-state index contributed by atoms with van der Waals surface area (Å²) in [6.07, 6.45) is 0.549. The average Bonchev–Trinajstić information content (AvgIpc) is 2.47. The zero-order valence-corrected chi connectivity index (χ0v) is 12.0. The van der Waals surface area contributed by atoms with Gasteiger partial charge in [0.1, 0.15) is 0 Å². The molecule has 7 heteroatoms. The molecule has 0 spiro atoms. The number of methoxy groups -OCH3 is 1. The minimum atomic E-state index is -4.83. The summed E-state index contributed by atoms with van der Waals surface area (Å²) in [6, 6.07) is 2.64. The van der Waals surface area contributed by atoms with Crippen LogP contribution in [-0.4, -0.2) is 20.7 Å². The summed E-state index contributed by atoms with van der Waals surface area (Å²) < 4.78 is 40.8. The van der Waals surface area contributed by atoms with E-state index in [-0.39, 0.29) is 51.4 Å². The molecule has 0 N–H and O–H groups in total. The third kappa shape index (κ3) is 4.78. The Balaban J connectivity index is 0.00000169. The second kappa shape index (κ2) is 6.67. The van der Waals surface area contributed by atoms with Crippen molar-refractivity contribution in [2.75, 3.05) is 13.7 Å². The van der Waals surface area contributed by atoms with E-state index in [1.165, 1.54) is 13.2 Å². The summed E-state index contributed by atoms with van der Waals surface area (Å²) in [5, 5.41) is 0. The molecular weight excluding hydrogens is 239 g/mol. The van der Waals surface area contributed by atoms with Crippen LogP contribution in [0.1, 0.15) is 4.88 Å². The normalized spacial score (nSPS) is 11.1. The van der Waals surface area contributed by atoms with Gasteiger partial charge in [-0.2, -0.15) is 11.3 Å². The SMILES string of the molecule is COCCc1ccc([B-](F)(F)F)s1.[K+]. The second-order valence-electron chi connectivity index (χ2n) is 2.62. The van der Waals surface area contributed by atoms with Gasteiger partial charge in [-0.1, -0.05) is 16.9 Å². The van der Waals surface area contributed by atoms with Crippen LogP contribution in [0.15, 0.2) is 12.1 Å². The molecule has 0 aromatic carbocycles. The van der Waals surface area contributed by atoms with Crippen LogP contribution in [-0.2, 0) is 11.2 Å². The Hall–Kier alpha value is 1.15. The van der Waals surface area contributed by atoms with Gasteiger partial charge in [0.2, 0.25) is 0 Å². The first-order valence-electron chi connectivity index (χ1n) is 3.81. The van der Waals surface area contributed by atoms with Crippen molar-refractivity contribution in [3.05, 3.63) is 17.0 Å². The third-order valence-electron chi connectivity index (χ3n) is 1.56. The van der Waals surface area contributed by atoms with E-state index in [1.54, 1.807) is 0 Å². The van der Waals surface area contributed by atoms with Crippen LogP contribution >= 0.6 is 11.3 Å². The number of halogens is 3. The average molecular weight is 248 g/mol. The molecule has 0 amide bonds. The van der Waals surface area contributed by atoms with E-state index in [2.05, 4.69) is 0 Å². The van der Waals surface area contributed by atoms with Crippen molar-refractivity contribution >= 4 is 23.1 Å². The minimum absolute atomic E-state index is 0. The van der Waals surface area contributed by atoms with Gasteiger partial charge in [0.25, 0.3) is 0 Å².